The van der Waals surface area contributed by atoms with Crippen molar-refractivity contribution >= 4 is 23.5 Å². The van der Waals surface area contributed by atoms with Crippen molar-refractivity contribution in [2.24, 2.45) is 11.8 Å². The van der Waals surface area contributed by atoms with Crippen LogP contribution in [0.25, 0.3) is 0 Å². The Kier molecular flexibility index (Phi) is 12.3. The molecule has 0 aliphatic rings. The van der Waals surface area contributed by atoms with Gasteiger partial charge in [0.25, 0.3) is 0 Å². The normalized spacial score (nSPS) is 13.4. The quantitative estimate of drug-likeness (QED) is 0.365. The van der Waals surface area contributed by atoms with Gasteiger partial charge in [0.15, 0.2) is 0 Å². The fourth-order valence-corrected chi connectivity index (χ4v) is 2.56. The summed E-state index contributed by atoms with van der Waals surface area (Å²) < 4.78 is 0. The van der Waals surface area contributed by atoms with E-state index < -0.39 is 23.9 Å². The van der Waals surface area contributed by atoms with Crippen molar-refractivity contribution in [3.05, 3.63) is 0 Å². The SMILES string of the molecule is CC(=O)CNC(=O)[C@H](CC(C)C)NC(=O)[C@H](CC(C)C)NC(=O)CNC(C)C. The van der Waals surface area contributed by atoms with Gasteiger partial charge in [-0.3, -0.25) is 19.2 Å². The van der Waals surface area contributed by atoms with Gasteiger partial charge in [0, 0.05) is 6.04 Å². The maximum atomic E-state index is 12.8. The van der Waals surface area contributed by atoms with E-state index in [1.165, 1.54) is 6.92 Å². The lowest BCUT2D eigenvalue weighted by atomic mass is 10.00. The number of carbonyl (C=O) groups excluding carboxylic acids is 4. The second-order valence-electron chi connectivity index (χ2n) is 8.40. The fourth-order valence-electron chi connectivity index (χ4n) is 2.56. The first-order valence-corrected chi connectivity index (χ1v) is 10.0. The van der Waals surface area contributed by atoms with Crippen LogP contribution < -0.4 is 21.3 Å². The highest BCUT2D eigenvalue weighted by molar-refractivity contribution is 5.93. The lowest BCUT2D eigenvalue weighted by molar-refractivity contribution is -0.133. The molecule has 4 N–H and O–H groups in total. The number of Topliss-reactive ketones (excluding diaryl/α,β-unsaturated/α-hetero) is 1. The average molecular weight is 399 g/mol. The Morgan fingerprint density at radius 2 is 1.21 bits per heavy atom. The molecule has 0 heterocycles. The molecule has 0 aromatic rings. The van der Waals surface area contributed by atoms with Gasteiger partial charge in [-0.05, 0) is 31.6 Å². The number of amides is 3. The van der Waals surface area contributed by atoms with Crippen LogP contribution in [0.2, 0.25) is 0 Å². The second-order valence-corrected chi connectivity index (χ2v) is 8.40. The van der Waals surface area contributed by atoms with Crippen molar-refractivity contribution in [2.75, 3.05) is 13.1 Å². The van der Waals surface area contributed by atoms with Crippen LogP contribution in [0.15, 0.2) is 0 Å². The topological polar surface area (TPSA) is 116 Å². The maximum absolute atomic E-state index is 12.8. The number of ketones is 1. The minimum absolute atomic E-state index is 0.0731. The van der Waals surface area contributed by atoms with Crippen LogP contribution in [0.4, 0.5) is 0 Å². The molecule has 0 aromatic carbocycles. The Balaban J connectivity index is 5.09. The molecule has 0 unspecified atom stereocenters. The van der Waals surface area contributed by atoms with Crippen LogP contribution in [0.1, 0.15) is 61.3 Å². The molecule has 0 fully saturated rings. The van der Waals surface area contributed by atoms with Crippen LogP contribution in [-0.2, 0) is 19.2 Å². The molecule has 162 valence electrons. The van der Waals surface area contributed by atoms with Gasteiger partial charge in [-0.1, -0.05) is 41.5 Å². The monoisotopic (exact) mass is 398 g/mol. The molecule has 0 radical (unpaired) electrons. The minimum atomic E-state index is -0.757. The summed E-state index contributed by atoms with van der Waals surface area (Å²) in [6, 6.07) is -1.33. The molecule has 0 aliphatic heterocycles. The third-order valence-electron chi connectivity index (χ3n) is 3.88. The van der Waals surface area contributed by atoms with Gasteiger partial charge in [0.1, 0.15) is 17.9 Å². The largest absolute Gasteiger partial charge is 0.347 e. The molecule has 0 saturated carbocycles. The molecule has 8 heteroatoms. The molecule has 0 spiro atoms. The predicted octanol–water partition coefficient (Wildman–Crippen LogP) is 0.751. The van der Waals surface area contributed by atoms with Gasteiger partial charge >= 0.3 is 0 Å². The summed E-state index contributed by atoms with van der Waals surface area (Å²) in [6.07, 6.45) is 0.898. The zero-order chi connectivity index (χ0) is 21.9. The highest BCUT2D eigenvalue weighted by Crippen LogP contribution is 2.09. The summed E-state index contributed by atoms with van der Waals surface area (Å²) in [4.78, 5) is 48.4. The second kappa shape index (κ2) is 13.3. The summed E-state index contributed by atoms with van der Waals surface area (Å²) in [6.45, 7) is 13.1. The fraction of sp³-hybridized carbons (Fsp3) is 0.800. The molecule has 0 rings (SSSR count). The first kappa shape index (κ1) is 26.0. The Morgan fingerprint density at radius 1 is 0.714 bits per heavy atom. The summed E-state index contributed by atoms with van der Waals surface area (Å²) >= 11 is 0. The van der Waals surface area contributed by atoms with Crippen molar-refractivity contribution in [3.8, 4) is 0 Å². The van der Waals surface area contributed by atoms with E-state index in [2.05, 4.69) is 21.3 Å². The van der Waals surface area contributed by atoms with Crippen molar-refractivity contribution in [1.82, 2.24) is 21.3 Å². The van der Waals surface area contributed by atoms with Gasteiger partial charge in [0.05, 0.1) is 13.1 Å². The summed E-state index contributed by atoms with van der Waals surface area (Å²) in [5.41, 5.74) is 0. The Labute approximate surface area is 169 Å². The van der Waals surface area contributed by atoms with Gasteiger partial charge < -0.3 is 21.3 Å². The number of rotatable bonds is 13. The summed E-state index contributed by atoms with van der Waals surface area (Å²) in [5, 5.41) is 11.1. The van der Waals surface area contributed by atoms with E-state index in [9.17, 15) is 19.2 Å². The number of carbonyl (C=O) groups is 4. The molecule has 2 atom stereocenters. The van der Waals surface area contributed by atoms with Crippen LogP contribution in [-0.4, -0.2) is 54.7 Å². The average Bonchev–Trinajstić information content (AvgIpc) is 2.55. The molecular weight excluding hydrogens is 360 g/mol. The van der Waals surface area contributed by atoms with Gasteiger partial charge in [-0.2, -0.15) is 0 Å². The van der Waals surface area contributed by atoms with Gasteiger partial charge in [-0.25, -0.2) is 0 Å². The third-order valence-corrected chi connectivity index (χ3v) is 3.88. The first-order valence-electron chi connectivity index (χ1n) is 10.0. The van der Waals surface area contributed by atoms with Crippen molar-refractivity contribution < 1.29 is 19.2 Å². The Hall–Kier alpha value is -1.96. The molecule has 28 heavy (non-hydrogen) atoms. The number of hydrogen-bond acceptors (Lipinski definition) is 5. The molecule has 0 saturated heterocycles. The maximum Gasteiger partial charge on any atom is 0.243 e. The third kappa shape index (κ3) is 12.4. The number of nitrogens with one attached hydrogen (secondary N) is 4. The Morgan fingerprint density at radius 3 is 1.64 bits per heavy atom. The van der Waals surface area contributed by atoms with Crippen molar-refractivity contribution in [1.29, 1.82) is 0 Å². The first-order chi connectivity index (χ1) is 12.9. The molecule has 0 aliphatic carbocycles. The van der Waals surface area contributed by atoms with Gasteiger partial charge in [-0.15, -0.1) is 0 Å². The van der Waals surface area contributed by atoms with E-state index in [0.717, 1.165) is 0 Å². The van der Waals surface area contributed by atoms with Crippen molar-refractivity contribution in [3.63, 3.8) is 0 Å². The lowest BCUT2D eigenvalue weighted by Gasteiger charge is -2.25. The minimum Gasteiger partial charge on any atom is -0.347 e. The molecule has 0 bridgehead atoms. The molecule has 3 amide bonds. The zero-order valence-electron chi connectivity index (χ0n) is 18.3. The highest BCUT2D eigenvalue weighted by Gasteiger charge is 2.27. The van der Waals surface area contributed by atoms with Crippen LogP contribution in [0.3, 0.4) is 0 Å². The standard InChI is InChI=1S/C20H38N4O4/c1-12(2)8-16(19(27)22-10-15(7)25)24-20(28)17(9-13(3)4)23-18(26)11-21-14(5)6/h12-14,16-17,21H,8-11H2,1-7H3,(H,22,27)(H,23,26)(H,24,28)/t16-,17-/m0/s1. The lowest BCUT2D eigenvalue weighted by Crippen LogP contribution is -2.55. The predicted molar refractivity (Wildman–Crippen MR) is 110 cm³/mol. The molecule has 8 nitrogen and oxygen atoms in total. The summed E-state index contributed by atoms with van der Waals surface area (Å²) in [5.74, 6) is -0.865. The van der Waals surface area contributed by atoms with Crippen LogP contribution >= 0.6 is 0 Å². The van der Waals surface area contributed by atoms with Crippen LogP contribution in [0, 0.1) is 11.8 Å². The molecule has 0 aromatic heterocycles. The molecular formula is C20H38N4O4. The Bertz CT molecular complexity index is 532. The zero-order valence-corrected chi connectivity index (χ0v) is 18.3. The number of hydrogen-bond donors (Lipinski definition) is 4. The highest BCUT2D eigenvalue weighted by atomic mass is 16.2. The van der Waals surface area contributed by atoms with E-state index in [1.807, 2.05) is 41.5 Å². The van der Waals surface area contributed by atoms with E-state index in [0.29, 0.717) is 12.8 Å². The van der Waals surface area contributed by atoms with Gasteiger partial charge in [0.2, 0.25) is 17.7 Å². The van der Waals surface area contributed by atoms with E-state index in [4.69, 9.17) is 0 Å². The van der Waals surface area contributed by atoms with Crippen molar-refractivity contribution in [2.45, 2.75) is 79.4 Å². The van der Waals surface area contributed by atoms with E-state index >= 15 is 0 Å². The van der Waals surface area contributed by atoms with E-state index in [-0.39, 0.29) is 42.7 Å². The van der Waals surface area contributed by atoms with Crippen LogP contribution in [0.5, 0.6) is 0 Å². The smallest absolute Gasteiger partial charge is 0.243 e. The van der Waals surface area contributed by atoms with E-state index in [1.54, 1.807) is 0 Å². The summed E-state index contributed by atoms with van der Waals surface area (Å²) in [7, 11) is 0.